The number of rotatable bonds is 2. The SMILES string of the molecule is Cc1csc2ccc(-c3oc4ccnc(-c5cc(C(C)(C)C)c6ccccc6c5)c4c3C)cc12. The Bertz CT molecular complexity index is 1710. The van der Waals surface area contributed by atoms with E-state index in [0.29, 0.717) is 0 Å². The molecule has 0 aliphatic heterocycles. The second kappa shape index (κ2) is 7.54. The highest BCUT2D eigenvalue weighted by Gasteiger charge is 2.22. The summed E-state index contributed by atoms with van der Waals surface area (Å²) in [7, 11) is 0. The van der Waals surface area contributed by atoms with Crippen LogP contribution in [0.4, 0.5) is 0 Å². The zero-order valence-electron chi connectivity index (χ0n) is 20.2. The van der Waals surface area contributed by atoms with Crippen LogP contribution < -0.4 is 0 Å². The molecular formula is C31H27NOS. The molecule has 3 heterocycles. The predicted octanol–water partition coefficient (Wildman–Crippen LogP) is 9.44. The molecule has 2 nitrogen and oxygen atoms in total. The molecule has 0 atom stereocenters. The first kappa shape index (κ1) is 21.1. The van der Waals surface area contributed by atoms with E-state index in [1.807, 2.05) is 12.3 Å². The fraction of sp³-hybridized carbons (Fsp3) is 0.194. The van der Waals surface area contributed by atoms with Gasteiger partial charge in [0, 0.05) is 27.6 Å². The summed E-state index contributed by atoms with van der Waals surface area (Å²) in [6.07, 6.45) is 1.86. The molecule has 0 aliphatic carbocycles. The lowest BCUT2D eigenvalue weighted by molar-refractivity contribution is 0.596. The molecule has 6 aromatic rings. The molecule has 0 saturated heterocycles. The molecule has 3 aromatic heterocycles. The van der Waals surface area contributed by atoms with Gasteiger partial charge < -0.3 is 4.42 Å². The number of fused-ring (bicyclic) bond motifs is 3. The molecule has 0 spiro atoms. The number of thiophene rings is 1. The molecule has 0 radical (unpaired) electrons. The highest BCUT2D eigenvalue weighted by molar-refractivity contribution is 7.17. The average Bonchev–Trinajstić information content (AvgIpc) is 3.37. The van der Waals surface area contributed by atoms with Crippen molar-refractivity contribution < 1.29 is 4.42 Å². The normalized spacial score (nSPS) is 12.3. The monoisotopic (exact) mass is 461 g/mol. The summed E-state index contributed by atoms with van der Waals surface area (Å²) >= 11 is 1.79. The lowest BCUT2D eigenvalue weighted by Crippen LogP contribution is -2.12. The van der Waals surface area contributed by atoms with Gasteiger partial charge >= 0.3 is 0 Å². The zero-order valence-corrected chi connectivity index (χ0v) is 21.0. The van der Waals surface area contributed by atoms with Crippen LogP contribution in [-0.2, 0) is 5.41 Å². The predicted molar refractivity (Wildman–Crippen MR) is 146 cm³/mol. The van der Waals surface area contributed by atoms with E-state index in [1.54, 1.807) is 11.3 Å². The molecule has 3 heteroatoms. The van der Waals surface area contributed by atoms with Crippen molar-refractivity contribution in [1.82, 2.24) is 4.98 Å². The van der Waals surface area contributed by atoms with Crippen molar-refractivity contribution in [3.63, 3.8) is 0 Å². The Balaban J connectivity index is 1.60. The Labute approximate surface area is 203 Å². The molecular weight excluding hydrogens is 434 g/mol. The molecule has 3 aromatic carbocycles. The second-order valence-corrected chi connectivity index (χ2v) is 11.1. The van der Waals surface area contributed by atoms with Gasteiger partial charge in [-0.15, -0.1) is 11.3 Å². The van der Waals surface area contributed by atoms with Gasteiger partial charge in [0.2, 0.25) is 0 Å². The van der Waals surface area contributed by atoms with Crippen LogP contribution in [0.2, 0.25) is 0 Å². The highest BCUT2D eigenvalue weighted by atomic mass is 32.1. The Hall–Kier alpha value is -3.43. The van der Waals surface area contributed by atoms with Gasteiger partial charge in [-0.25, -0.2) is 0 Å². The number of nitrogens with zero attached hydrogens (tertiary/aromatic N) is 1. The first-order valence-corrected chi connectivity index (χ1v) is 12.6. The molecule has 0 N–H and O–H groups in total. The van der Waals surface area contributed by atoms with Crippen molar-refractivity contribution in [3.05, 3.63) is 88.9 Å². The smallest absolute Gasteiger partial charge is 0.138 e. The average molecular weight is 462 g/mol. The Kier molecular flexibility index (Phi) is 4.69. The van der Waals surface area contributed by atoms with Crippen LogP contribution in [0.15, 0.2) is 76.7 Å². The van der Waals surface area contributed by atoms with Gasteiger partial charge in [-0.3, -0.25) is 4.98 Å². The minimum absolute atomic E-state index is 0.0217. The lowest BCUT2D eigenvalue weighted by Gasteiger charge is -2.22. The number of pyridine rings is 1. The topological polar surface area (TPSA) is 26.0 Å². The molecule has 0 amide bonds. The van der Waals surface area contributed by atoms with Crippen LogP contribution in [0.1, 0.15) is 37.5 Å². The Morgan fingerprint density at radius 2 is 1.68 bits per heavy atom. The Morgan fingerprint density at radius 3 is 2.50 bits per heavy atom. The summed E-state index contributed by atoms with van der Waals surface area (Å²) in [5.74, 6) is 0.925. The minimum atomic E-state index is 0.0217. The van der Waals surface area contributed by atoms with Crippen molar-refractivity contribution in [2.45, 2.75) is 40.0 Å². The number of furan rings is 1. The fourth-order valence-electron chi connectivity index (χ4n) is 5.05. The van der Waals surface area contributed by atoms with E-state index in [2.05, 4.69) is 94.6 Å². The van der Waals surface area contributed by atoms with Crippen molar-refractivity contribution >= 4 is 43.2 Å². The molecule has 0 unspecified atom stereocenters. The van der Waals surface area contributed by atoms with Crippen LogP contribution in [0.25, 0.3) is 54.4 Å². The standard InChI is InChI=1S/C31H27NOS/c1-18-17-34-27-11-10-21(15-24(18)27)30-19(2)28-26(33-30)12-13-32-29(28)22-14-20-8-6-7-9-23(20)25(16-22)31(3,4)5/h6-17H,1-5H3. The summed E-state index contributed by atoms with van der Waals surface area (Å²) in [5, 5.41) is 7.15. The summed E-state index contributed by atoms with van der Waals surface area (Å²) in [4.78, 5) is 4.87. The van der Waals surface area contributed by atoms with Crippen molar-refractivity contribution in [2.24, 2.45) is 0 Å². The van der Waals surface area contributed by atoms with E-state index in [0.717, 1.165) is 39.1 Å². The van der Waals surface area contributed by atoms with Gasteiger partial charge in [-0.1, -0.05) is 45.0 Å². The van der Waals surface area contributed by atoms with Crippen molar-refractivity contribution in [3.8, 4) is 22.6 Å². The van der Waals surface area contributed by atoms with Crippen LogP contribution in [-0.4, -0.2) is 4.98 Å². The van der Waals surface area contributed by atoms with Crippen LogP contribution >= 0.6 is 11.3 Å². The highest BCUT2D eigenvalue weighted by Crippen LogP contribution is 2.41. The van der Waals surface area contributed by atoms with E-state index in [1.165, 1.54) is 32.0 Å². The first-order valence-electron chi connectivity index (χ1n) is 11.7. The Morgan fingerprint density at radius 1 is 0.853 bits per heavy atom. The summed E-state index contributed by atoms with van der Waals surface area (Å²) in [5.41, 5.74) is 7.91. The summed E-state index contributed by atoms with van der Waals surface area (Å²) in [6, 6.07) is 21.8. The minimum Gasteiger partial charge on any atom is -0.456 e. The molecule has 0 aliphatic rings. The summed E-state index contributed by atoms with van der Waals surface area (Å²) < 4.78 is 7.77. The van der Waals surface area contributed by atoms with Crippen molar-refractivity contribution in [1.29, 1.82) is 0 Å². The molecule has 0 fully saturated rings. The molecule has 6 rings (SSSR count). The maximum absolute atomic E-state index is 6.46. The van der Waals surface area contributed by atoms with Crippen LogP contribution in [0.3, 0.4) is 0 Å². The molecule has 168 valence electrons. The van der Waals surface area contributed by atoms with E-state index in [-0.39, 0.29) is 5.41 Å². The van der Waals surface area contributed by atoms with Crippen LogP contribution in [0, 0.1) is 13.8 Å². The molecule has 34 heavy (non-hydrogen) atoms. The first-order chi connectivity index (χ1) is 16.3. The van der Waals surface area contributed by atoms with Crippen LogP contribution in [0.5, 0.6) is 0 Å². The second-order valence-electron chi connectivity index (χ2n) is 10.2. The maximum atomic E-state index is 6.46. The molecule has 0 bridgehead atoms. The lowest BCUT2D eigenvalue weighted by atomic mass is 9.82. The van der Waals surface area contributed by atoms with E-state index < -0.39 is 0 Å². The number of benzene rings is 3. The number of hydrogen-bond donors (Lipinski definition) is 0. The van der Waals surface area contributed by atoms with E-state index in [4.69, 9.17) is 9.40 Å². The number of aromatic nitrogens is 1. The largest absolute Gasteiger partial charge is 0.456 e. The van der Waals surface area contributed by atoms with Gasteiger partial charge in [0.05, 0.1) is 11.1 Å². The fourth-order valence-corrected chi connectivity index (χ4v) is 5.98. The zero-order chi connectivity index (χ0) is 23.6. The number of aryl methyl sites for hydroxylation is 2. The number of hydrogen-bond acceptors (Lipinski definition) is 3. The van der Waals surface area contributed by atoms with E-state index in [9.17, 15) is 0 Å². The third-order valence-corrected chi connectivity index (χ3v) is 7.89. The van der Waals surface area contributed by atoms with Gasteiger partial charge in [0.1, 0.15) is 11.3 Å². The van der Waals surface area contributed by atoms with Gasteiger partial charge in [0.15, 0.2) is 0 Å². The summed E-state index contributed by atoms with van der Waals surface area (Å²) in [6.45, 7) is 11.1. The third-order valence-electron chi connectivity index (χ3n) is 6.81. The van der Waals surface area contributed by atoms with Gasteiger partial charge in [0.25, 0.3) is 0 Å². The maximum Gasteiger partial charge on any atom is 0.138 e. The van der Waals surface area contributed by atoms with Crippen molar-refractivity contribution in [2.75, 3.05) is 0 Å². The third kappa shape index (κ3) is 3.26. The van der Waals surface area contributed by atoms with Gasteiger partial charge in [-0.2, -0.15) is 0 Å². The quantitative estimate of drug-likeness (QED) is 0.257. The molecule has 0 saturated carbocycles. The van der Waals surface area contributed by atoms with Gasteiger partial charge in [-0.05, 0) is 88.3 Å². The van der Waals surface area contributed by atoms with E-state index >= 15 is 0 Å².